The molecule has 2 aromatic rings. The van der Waals surface area contributed by atoms with Crippen LogP contribution in [0, 0.1) is 5.92 Å². The van der Waals surface area contributed by atoms with Gasteiger partial charge in [0.25, 0.3) is 0 Å². The molecule has 0 spiro atoms. The molecule has 14 heavy (non-hydrogen) atoms. The molecule has 0 aliphatic carbocycles. The van der Waals surface area contributed by atoms with Crippen molar-refractivity contribution in [2.75, 3.05) is 0 Å². The van der Waals surface area contributed by atoms with E-state index in [1.165, 1.54) is 9.71 Å². The molecule has 0 amide bonds. The van der Waals surface area contributed by atoms with Crippen LogP contribution in [0.2, 0.25) is 0 Å². The molecular weight excluding hydrogens is 258 g/mol. The SMILES string of the molecule is CC(C)Cc1nc2cc(Br)ccc2s1. The highest BCUT2D eigenvalue weighted by molar-refractivity contribution is 9.10. The van der Waals surface area contributed by atoms with Gasteiger partial charge in [0.15, 0.2) is 0 Å². The standard InChI is InChI=1S/C11H12BrNS/c1-7(2)5-11-13-9-6-8(12)3-4-10(9)14-11/h3-4,6-7H,5H2,1-2H3. The molecule has 3 heteroatoms. The lowest BCUT2D eigenvalue weighted by Crippen LogP contribution is -1.91. The van der Waals surface area contributed by atoms with Crippen LogP contribution in [-0.2, 0) is 6.42 Å². The number of hydrogen-bond acceptors (Lipinski definition) is 2. The topological polar surface area (TPSA) is 12.9 Å². The van der Waals surface area contributed by atoms with E-state index in [1.807, 2.05) is 0 Å². The van der Waals surface area contributed by atoms with Gasteiger partial charge in [0, 0.05) is 10.9 Å². The van der Waals surface area contributed by atoms with E-state index < -0.39 is 0 Å². The van der Waals surface area contributed by atoms with Gasteiger partial charge >= 0.3 is 0 Å². The molecule has 0 atom stereocenters. The first-order chi connectivity index (χ1) is 6.65. The second-order valence-electron chi connectivity index (χ2n) is 3.82. The largest absolute Gasteiger partial charge is 0.241 e. The van der Waals surface area contributed by atoms with Gasteiger partial charge in [-0.15, -0.1) is 11.3 Å². The number of halogens is 1. The van der Waals surface area contributed by atoms with Gasteiger partial charge in [-0.2, -0.15) is 0 Å². The van der Waals surface area contributed by atoms with E-state index in [9.17, 15) is 0 Å². The lowest BCUT2D eigenvalue weighted by Gasteiger charge is -1.97. The number of benzene rings is 1. The maximum atomic E-state index is 4.60. The summed E-state index contributed by atoms with van der Waals surface area (Å²) in [6.07, 6.45) is 1.08. The Hall–Kier alpha value is -0.410. The molecule has 1 heterocycles. The fourth-order valence-corrected chi connectivity index (χ4v) is 2.89. The highest BCUT2D eigenvalue weighted by Gasteiger charge is 2.05. The predicted octanol–water partition coefficient (Wildman–Crippen LogP) is 4.26. The summed E-state index contributed by atoms with van der Waals surface area (Å²) < 4.78 is 2.38. The van der Waals surface area contributed by atoms with Crippen LogP contribution in [0.1, 0.15) is 18.9 Å². The van der Waals surface area contributed by atoms with Crippen molar-refractivity contribution in [1.29, 1.82) is 0 Å². The maximum absolute atomic E-state index is 4.60. The van der Waals surface area contributed by atoms with Crippen molar-refractivity contribution in [3.63, 3.8) is 0 Å². The summed E-state index contributed by atoms with van der Waals surface area (Å²) >= 11 is 5.26. The van der Waals surface area contributed by atoms with E-state index in [0.29, 0.717) is 5.92 Å². The third-order valence-corrected chi connectivity index (χ3v) is 3.53. The van der Waals surface area contributed by atoms with Crippen LogP contribution in [0.5, 0.6) is 0 Å². The van der Waals surface area contributed by atoms with Crippen molar-refractivity contribution in [3.8, 4) is 0 Å². The quantitative estimate of drug-likeness (QED) is 0.794. The third kappa shape index (κ3) is 2.15. The Kier molecular flexibility index (Phi) is 2.88. The van der Waals surface area contributed by atoms with Gasteiger partial charge in [-0.3, -0.25) is 0 Å². The van der Waals surface area contributed by atoms with Crippen LogP contribution < -0.4 is 0 Å². The van der Waals surface area contributed by atoms with E-state index in [-0.39, 0.29) is 0 Å². The minimum Gasteiger partial charge on any atom is -0.241 e. The van der Waals surface area contributed by atoms with Crippen LogP contribution in [0.15, 0.2) is 22.7 Å². The lowest BCUT2D eigenvalue weighted by atomic mass is 10.1. The first-order valence-corrected chi connectivity index (χ1v) is 6.31. The first kappa shape index (κ1) is 10.1. The zero-order valence-corrected chi connectivity index (χ0v) is 10.7. The normalized spacial score (nSPS) is 11.4. The predicted molar refractivity (Wildman–Crippen MR) is 65.9 cm³/mol. The molecule has 0 saturated heterocycles. The second-order valence-corrected chi connectivity index (χ2v) is 5.85. The molecule has 0 aliphatic rings. The Morgan fingerprint density at radius 3 is 2.93 bits per heavy atom. The summed E-state index contributed by atoms with van der Waals surface area (Å²) in [6, 6.07) is 6.27. The summed E-state index contributed by atoms with van der Waals surface area (Å²) in [5.74, 6) is 0.680. The Bertz CT molecular complexity index is 447. The van der Waals surface area contributed by atoms with E-state index in [2.05, 4.69) is 53.0 Å². The number of fused-ring (bicyclic) bond motifs is 1. The number of rotatable bonds is 2. The minimum atomic E-state index is 0.680. The second kappa shape index (κ2) is 3.99. The Balaban J connectivity index is 2.41. The Morgan fingerprint density at radius 1 is 1.43 bits per heavy atom. The van der Waals surface area contributed by atoms with E-state index in [4.69, 9.17) is 0 Å². The van der Waals surface area contributed by atoms with Crippen molar-refractivity contribution < 1.29 is 0 Å². The van der Waals surface area contributed by atoms with Crippen molar-refractivity contribution in [1.82, 2.24) is 4.98 Å². The van der Waals surface area contributed by atoms with Crippen molar-refractivity contribution in [2.45, 2.75) is 20.3 Å². The Morgan fingerprint density at radius 2 is 2.21 bits per heavy atom. The number of thiazole rings is 1. The van der Waals surface area contributed by atoms with Crippen LogP contribution >= 0.6 is 27.3 Å². The molecule has 0 N–H and O–H groups in total. The highest BCUT2D eigenvalue weighted by atomic mass is 79.9. The molecule has 2 rings (SSSR count). The van der Waals surface area contributed by atoms with Crippen LogP contribution in [0.25, 0.3) is 10.2 Å². The summed E-state index contributed by atoms with van der Waals surface area (Å²) in [6.45, 7) is 4.45. The summed E-state index contributed by atoms with van der Waals surface area (Å²) in [4.78, 5) is 4.60. The molecule has 1 nitrogen and oxygen atoms in total. The van der Waals surface area contributed by atoms with Gasteiger partial charge < -0.3 is 0 Å². The summed E-state index contributed by atoms with van der Waals surface area (Å²) in [7, 11) is 0. The average molecular weight is 270 g/mol. The number of hydrogen-bond donors (Lipinski definition) is 0. The monoisotopic (exact) mass is 269 g/mol. The van der Waals surface area contributed by atoms with Gasteiger partial charge in [0.2, 0.25) is 0 Å². The van der Waals surface area contributed by atoms with Gasteiger partial charge in [-0.05, 0) is 24.1 Å². The molecule has 0 saturated carbocycles. The number of nitrogens with zero attached hydrogens (tertiary/aromatic N) is 1. The van der Waals surface area contributed by atoms with Gasteiger partial charge in [-0.25, -0.2) is 4.98 Å². The van der Waals surface area contributed by atoms with E-state index in [1.54, 1.807) is 11.3 Å². The highest BCUT2D eigenvalue weighted by Crippen LogP contribution is 2.26. The molecule has 0 fully saturated rings. The zero-order valence-electron chi connectivity index (χ0n) is 8.25. The third-order valence-electron chi connectivity index (χ3n) is 1.98. The van der Waals surface area contributed by atoms with Crippen LogP contribution in [0.4, 0.5) is 0 Å². The van der Waals surface area contributed by atoms with Gasteiger partial charge in [-0.1, -0.05) is 29.8 Å². The summed E-state index contributed by atoms with van der Waals surface area (Å²) in [5, 5.41) is 1.24. The van der Waals surface area contributed by atoms with Gasteiger partial charge in [0.1, 0.15) is 0 Å². The average Bonchev–Trinajstić information content (AvgIpc) is 2.44. The Labute approximate surface area is 96.3 Å². The number of aromatic nitrogens is 1. The minimum absolute atomic E-state index is 0.680. The van der Waals surface area contributed by atoms with Crippen LogP contribution in [-0.4, -0.2) is 4.98 Å². The molecule has 0 aliphatic heterocycles. The molecule has 0 bridgehead atoms. The lowest BCUT2D eigenvalue weighted by molar-refractivity contribution is 0.645. The summed E-state index contributed by atoms with van der Waals surface area (Å²) in [5.41, 5.74) is 1.11. The zero-order chi connectivity index (χ0) is 10.1. The molecular formula is C11H12BrNS. The smallest absolute Gasteiger partial charge is 0.0941 e. The molecule has 74 valence electrons. The van der Waals surface area contributed by atoms with Crippen LogP contribution in [0.3, 0.4) is 0 Å². The molecule has 0 radical (unpaired) electrons. The fraction of sp³-hybridized carbons (Fsp3) is 0.364. The van der Waals surface area contributed by atoms with E-state index >= 15 is 0 Å². The molecule has 1 aromatic carbocycles. The molecule has 0 unspecified atom stereocenters. The maximum Gasteiger partial charge on any atom is 0.0941 e. The van der Waals surface area contributed by atoms with Crippen molar-refractivity contribution in [2.24, 2.45) is 5.92 Å². The first-order valence-electron chi connectivity index (χ1n) is 4.70. The molecule has 1 aromatic heterocycles. The fourth-order valence-electron chi connectivity index (χ4n) is 1.38. The van der Waals surface area contributed by atoms with Crippen molar-refractivity contribution in [3.05, 3.63) is 27.7 Å². The van der Waals surface area contributed by atoms with E-state index in [0.717, 1.165) is 16.4 Å². The van der Waals surface area contributed by atoms with Gasteiger partial charge in [0.05, 0.1) is 15.2 Å². The van der Waals surface area contributed by atoms with Crippen molar-refractivity contribution >= 4 is 37.5 Å².